The van der Waals surface area contributed by atoms with E-state index in [1.807, 2.05) is 0 Å². The molecule has 1 saturated heterocycles. The molecule has 0 saturated carbocycles. The second kappa shape index (κ2) is 9.91. The summed E-state index contributed by atoms with van der Waals surface area (Å²) in [6.45, 7) is 1.29. The number of amides is 2. The fourth-order valence-corrected chi connectivity index (χ4v) is 4.13. The van der Waals surface area contributed by atoms with Gasteiger partial charge >= 0.3 is 6.36 Å². The van der Waals surface area contributed by atoms with Crippen LogP contribution in [-0.4, -0.2) is 56.2 Å². The predicted molar refractivity (Wildman–Crippen MR) is 119 cm³/mol. The zero-order chi connectivity index (χ0) is 26.0. The molecule has 1 aliphatic rings. The second-order valence-electron chi connectivity index (χ2n) is 8.19. The Morgan fingerprint density at radius 3 is 2.67 bits per heavy atom. The SMILES string of the molecule is CC(=O)c1nn(CC(=O)N2CCCC[C@H]2C(=O)Nc2cccc(OC(F)(F)F)c2F)c2ncccc12. The van der Waals surface area contributed by atoms with Crippen molar-refractivity contribution in [2.24, 2.45) is 0 Å². The largest absolute Gasteiger partial charge is 0.573 e. The summed E-state index contributed by atoms with van der Waals surface area (Å²) in [4.78, 5) is 43.6. The Morgan fingerprint density at radius 2 is 1.94 bits per heavy atom. The molecule has 0 bridgehead atoms. The van der Waals surface area contributed by atoms with Crippen LogP contribution in [0.4, 0.5) is 23.2 Å². The van der Waals surface area contributed by atoms with Crippen molar-refractivity contribution in [3.8, 4) is 5.75 Å². The third-order valence-corrected chi connectivity index (χ3v) is 5.70. The van der Waals surface area contributed by atoms with Crippen molar-refractivity contribution in [3.63, 3.8) is 0 Å². The number of pyridine rings is 1. The maximum Gasteiger partial charge on any atom is 0.573 e. The van der Waals surface area contributed by atoms with E-state index in [1.165, 1.54) is 22.7 Å². The second-order valence-corrected chi connectivity index (χ2v) is 8.19. The van der Waals surface area contributed by atoms with Gasteiger partial charge in [-0.15, -0.1) is 13.2 Å². The van der Waals surface area contributed by atoms with E-state index in [1.54, 1.807) is 12.1 Å². The fraction of sp³-hybridized carbons (Fsp3) is 0.348. The number of hydrogen-bond acceptors (Lipinski definition) is 6. The number of rotatable bonds is 6. The van der Waals surface area contributed by atoms with Crippen LogP contribution in [0.3, 0.4) is 0 Å². The molecule has 0 aliphatic carbocycles. The fourth-order valence-electron chi connectivity index (χ4n) is 4.13. The minimum atomic E-state index is -5.11. The summed E-state index contributed by atoms with van der Waals surface area (Å²) in [7, 11) is 0. The van der Waals surface area contributed by atoms with E-state index in [4.69, 9.17) is 0 Å². The lowest BCUT2D eigenvalue weighted by Crippen LogP contribution is -2.51. The number of fused-ring (bicyclic) bond motifs is 1. The molecule has 1 atom stereocenters. The van der Waals surface area contributed by atoms with Crippen LogP contribution < -0.4 is 10.1 Å². The molecule has 2 aromatic heterocycles. The van der Waals surface area contributed by atoms with Crippen LogP contribution in [0.1, 0.15) is 36.7 Å². The number of ether oxygens (including phenoxy) is 1. The Kier molecular flexibility index (Phi) is 6.91. The van der Waals surface area contributed by atoms with Crippen LogP contribution in [0.25, 0.3) is 11.0 Å². The molecule has 190 valence electrons. The van der Waals surface area contributed by atoms with Crippen molar-refractivity contribution in [3.05, 3.63) is 48.0 Å². The smallest absolute Gasteiger partial charge is 0.403 e. The van der Waals surface area contributed by atoms with Gasteiger partial charge in [-0.25, -0.2) is 14.1 Å². The molecule has 3 aromatic rings. The lowest BCUT2D eigenvalue weighted by molar-refractivity contribution is -0.275. The maximum absolute atomic E-state index is 14.5. The number of aromatic nitrogens is 3. The molecule has 2 amide bonds. The Bertz CT molecular complexity index is 1320. The van der Waals surface area contributed by atoms with E-state index in [-0.39, 0.29) is 31.0 Å². The number of carbonyl (C=O) groups is 3. The number of Topliss-reactive ketones (excluding diaryl/α,β-unsaturated/α-hetero) is 1. The van der Waals surface area contributed by atoms with Crippen molar-refractivity contribution in [1.82, 2.24) is 19.7 Å². The molecule has 9 nitrogen and oxygen atoms in total. The van der Waals surface area contributed by atoms with Gasteiger partial charge in [0.05, 0.1) is 11.1 Å². The highest BCUT2D eigenvalue weighted by molar-refractivity contribution is 6.04. The molecule has 0 spiro atoms. The zero-order valence-electron chi connectivity index (χ0n) is 19.0. The number of halogens is 4. The van der Waals surface area contributed by atoms with Gasteiger partial charge in [-0.2, -0.15) is 5.10 Å². The van der Waals surface area contributed by atoms with Crippen molar-refractivity contribution in [2.45, 2.75) is 45.1 Å². The Balaban J connectivity index is 1.54. The summed E-state index contributed by atoms with van der Waals surface area (Å²) in [5.41, 5.74) is -0.0130. The molecule has 1 N–H and O–H groups in total. The number of carbonyl (C=O) groups excluding carboxylic acids is 3. The molecule has 1 fully saturated rings. The quantitative estimate of drug-likeness (QED) is 0.403. The maximum atomic E-state index is 14.5. The lowest BCUT2D eigenvalue weighted by Gasteiger charge is -2.34. The van der Waals surface area contributed by atoms with E-state index < -0.39 is 41.5 Å². The molecule has 3 heterocycles. The molecule has 36 heavy (non-hydrogen) atoms. The lowest BCUT2D eigenvalue weighted by atomic mass is 10.0. The highest BCUT2D eigenvalue weighted by atomic mass is 19.4. The third-order valence-electron chi connectivity index (χ3n) is 5.70. The van der Waals surface area contributed by atoms with Gasteiger partial charge in [-0.1, -0.05) is 6.07 Å². The van der Waals surface area contributed by atoms with Crippen molar-refractivity contribution in [1.29, 1.82) is 0 Å². The summed E-state index contributed by atoms with van der Waals surface area (Å²) in [6.07, 6.45) is -2.10. The van der Waals surface area contributed by atoms with Gasteiger partial charge in [0.2, 0.25) is 11.8 Å². The first-order valence-electron chi connectivity index (χ1n) is 11.0. The monoisotopic (exact) mass is 507 g/mol. The average molecular weight is 507 g/mol. The average Bonchev–Trinajstić information content (AvgIpc) is 3.19. The molecule has 4 rings (SSSR count). The van der Waals surface area contributed by atoms with Gasteiger partial charge in [0.1, 0.15) is 18.3 Å². The van der Waals surface area contributed by atoms with Gasteiger partial charge in [0.25, 0.3) is 0 Å². The molecule has 0 unspecified atom stereocenters. The number of alkyl halides is 3. The standard InChI is InChI=1S/C23H21F4N5O4/c1-13(33)20-14-6-5-10-28-21(14)32(30-20)12-18(34)31-11-3-2-8-16(31)22(35)29-15-7-4-9-17(19(15)24)36-23(25,26)27/h4-7,9-10,16H,2-3,8,11-12H2,1H3,(H,29,35)/t16-/m0/s1. The normalized spacial score (nSPS) is 16.1. The summed E-state index contributed by atoms with van der Waals surface area (Å²) in [5, 5.41) is 6.97. The van der Waals surface area contributed by atoms with E-state index in [0.29, 0.717) is 23.9 Å². The van der Waals surface area contributed by atoms with Gasteiger partial charge < -0.3 is 15.0 Å². The van der Waals surface area contributed by atoms with E-state index in [2.05, 4.69) is 20.1 Å². The van der Waals surface area contributed by atoms with Crippen LogP contribution in [0.2, 0.25) is 0 Å². The number of hydrogen-bond donors (Lipinski definition) is 1. The van der Waals surface area contributed by atoms with Gasteiger partial charge in [0, 0.05) is 19.7 Å². The predicted octanol–water partition coefficient (Wildman–Crippen LogP) is 3.69. The summed E-state index contributed by atoms with van der Waals surface area (Å²) in [5.74, 6) is -4.00. The van der Waals surface area contributed by atoms with Crippen LogP contribution in [0.5, 0.6) is 5.75 Å². The first kappa shape index (κ1) is 25.1. The third kappa shape index (κ3) is 5.29. The number of piperidine rings is 1. The van der Waals surface area contributed by atoms with Gasteiger partial charge in [0.15, 0.2) is 23.0 Å². The number of nitrogens with zero attached hydrogens (tertiary/aromatic N) is 4. The number of ketones is 1. The molecular weight excluding hydrogens is 486 g/mol. The first-order chi connectivity index (χ1) is 17.0. The minimum absolute atomic E-state index is 0.162. The van der Waals surface area contributed by atoms with Crippen molar-refractivity contribution in [2.75, 3.05) is 11.9 Å². The molecule has 1 aliphatic heterocycles. The molecule has 0 radical (unpaired) electrons. The van der Waals surface area contributed by atoms with Gasteiger partial charge in [-0.05, 0) is 43.5 Å². The van der Waals surface area contributed by atoms with E-state index >= 15 is 0 Å². The highest BCUT2D eigenvalue weighted by Gasteiger charge is 2.35. The first-order valence-corrected chi connectivity index (χ1v) is 11.0. The van der Waals surface area contributed by atoms with Crippen LogP contribution in [0.15, 0.2) is 36.5 Å². The van der Waals surface area contributed by atoms with Crippen LogP contribution in [-0.2, 0) is 16.1 Å². The summed E-state index contributed by atoms with van der Waals surface area (Å²) in [6, 6.07) is 5.30. The van der Waals surface area contributed by atoms with Crippen LogP contribution in [0, 0.1) is 5.82 Å². The van der Waals surface area contributed by atoms with Crippen molar-refractivity contribution < 1.29 is 36.7 Å². The molecule has 13 heteroatoms. The summed E-state index contributed by atoms with van der Waals surface area (Å²) >= 11 is 0. The Hall–Kier alpha value is -4.03. The van der Waals surface area contributed by atoms with Gasteiger partial charge in [-0.3, -0.25) is 14.4 Å². The number of anilines is 1. The number of likely N-dealkylation sites (tertiary alicyclic amines) is 1. The number of nitrogens with one attached hydrogen (secondary N) is 1. The van der Waals surface area contributed by atoms with Crippen LogP contribution >= 0.6 is 0 Å². The highest BCUT2D eigenvalue weighted by Crippen LogP contribution is 2.30. The minimum Gasteiger partial charge on any atom is -0.403 e. The number of benzene rings is 1. The Labute approximate surface area is 202 Å². The molecule has 1 aromatic carbocycles. The topological polar surface area (TPSA) is 106 Å². The Morgan fingerprint density at radius 1 is 1.17 bits per heavy atom. The summed E-state index contributed by atoms with van der Waals surface area (Å²) < 4.78 is 57.0. The van der Waals surface area contributed by atoms with Crippen molar-refractivity contribution >= 4 is 34.3 Å². The molecular formula is C23H21F4N5O4. The van der Waals surface area contributed by atoms with E-state index in [0.717, 1.165) is 18.2 Å². The zero-order valence-corrected chi connectivity index (χ0v) is 19.0. The van der Waals surface area contributed by atoms with E-state index in [9.17, 15) is 31.9 Å².